The highest BCUT2D eigenvalue weighted by Gasteiger charge is 2.21. The Morgan fingerprint density at radius 3 is 2.20 bits per heavy atom. The summed E-state index contributed by atoms with van der Waals surface area (Å²) >= 11 is 13.0. The van der Waals surface area contributed by atoms with E-state index in [0.717, 1.165) is 10.8 Å². The van der Waals surface area contributed by atoms with E-state index < -0.39 is 0 Å². The van der Waals surface area contributed by atoms with Gasteiger partial charge in [0.25, 0.3) is 0 Å². The summed E-state index contributed by atoms with van der Waals surface area (Å²) in [4.78, 5) is 8.77. The summed E-state index contributed by atoms with van der Waals surface area (Å²) in [5, 5.41) is 14.4. The van der Waals surface area contributed by atoms with Crippen molar-refractivity contribution in [1.82, 2.24) is 9.97 Å². The Morgan fingerprint density at radius 1 is 1.07 bits per heavy atom. The van der Waals surface area contributed by atoms with Crippen LogP contribution in [-0.4, -0.2) is 42.4 Å². The summed E-state index contributed by atoms with van der Waals surface area (Å²) in [7, 11) is 3.01. The number of halogens is 2. The molecule has 0 aliphatic rings. The molecule has 2 aromatic heterocycles. The summed E-state index contributed by atoms with van der Waals surface area (Å²) in [5.41, 5.74) is 6.78. The maximum Gasteiger partial charge on any atom is 0.141 e. The van der Waals surface area contributed by atoms with Gasteiger partial charge in [0, 0.05) is 35.1 Å². The Bertz CT molecular complexity index is 987. The van der Waals surface area contributed by atoms with Crippen molar-refractivity contribution in [2.75, 3.05) is 38.4 Å². The third-order valence-electron chi connectivity index (χ3n) is 3.97. The Labute approximate surface area is 186 Å². The van der Waals surface area contributed by atoms with Crippen LogP contribution >= 0.6 is 23.2 Å². The van der Waals surface area contributed by atoms with Crippen LogP contribution in [0, 0.1) is 0 Å². The molecular weight excluding hydrogens is 427 g/mol. The van der Waals surface area contributed by atoms with Crippen LogP contribution in [0.2, 0.25) is 10.0 Å². The zero-order valence-corrected chi connectivity index (χ0v) is 18.9. The van der Waals surface area contributed by atoms with Gasteiger partial charge in [-0.15, -0.1) is 0 Å². The molecule has 2 heterocycles. The third-order valence-corrected chi connectivity index (χ3v) is 4.72. The normalized spacial score (nSPS) is 10.4. The van der Waals surface area contributed by atoms with Crippen LogP contribution in [0.1, 0.15) is 20.3 Å². The molecule has 3 rings (SSSR count). The second-order valence-electron chi connectivity index (χ2n) is 6.33. The van der Waals surface area contributed by atoms with Gasteiger partial charge in [-0.1, -0.05) is 43.5 Å². The number of nitrogens with one attached hydrogen (secondary N) is 1. The summed E-state index contributed by atoms with van der Waals surface area (Å²) < 4.78 is 10.7. The van der Waals surface area contributed by atoms with Crippen LogP contribution in [0.25, 0.3) is 22.0 Å². The highest BCUT2D eigenvalue weighted by Crippen LogP contribution is 2.46. The molecule has 0 aliphatic carbocycles. The van der Waals surface area contributed by atoms with Crippen LogP contribution in [0.4, 0.5) is 11.6 Å². The lowest BCUT2D eigenvalue weighted by Gasteiger charge is -2.16. The van der Waals surface area contributed by atoms with Gasteiger partial charge in [-0.2, -0.15) is 0 Å². The van der Waals surface area contributed by atoms with Crippen LogP contribution in [-0.2, 0) is 0 Å². The average Bonchev–Trinajstić information content (AvgIpc) is 2.73. The largest absolute Gasteiger partial charge is 0.495 e. The van der Waals surface area contributed by atoms with Crippen molar-refractivity contribution in [3.63, 3.8) is 0 Å². The topological polar surface area (TPSA) is 103 Å². The first kappa shape index (κ1) is 23.8. The summed E-state index contributed by atoms with van der Waals surface area (Å²) in [6.07, 6.45) is 2.89. The van der Waals surface area contributed by atoms with Gasteiger partial charge < -0.3 is 25.6 Å². The van der Waals surface area contributed by atoms with Gasteiger partial charge in [0.05, 0.1) is 36.6 Å². The third kappa shape index (κ3) is 5.16. The Hall–Kier alpha value is -2.48. The number of aromatic nitrogens is 2. The number of nitrogens with two attached hydrogens (primary N) is 1. The molecule has 1 aromatic carbocycles. The summed E-state index contributed by atoms with van der Waals surface area (Å²) in [6, 6.07) is 5.13. The fourth-order valence-electron chi connectivity index (χ4n) is 2.71. The molecule has 4 N–H and O–H groups in total. The lowest BCUT2D eigenvalue weighted by Crippen LogP contribution is -2.08. The van der Waals surface area contributed by atoms with Gasteiger partial charge in [-0.25, -0.2) is 9.97 Å². The van der Waals surface area contributed by atoms with Crippen LogP contribution < -0.4 is 20.5 Å². The molecule has 0 amide bonds. The zero-order valence-electron chi connectivity index (χ0n) is 17.4. The first-order chi connectivity index (χ1) is 14.4. The fourth-order valence-corrected chi connectivity index (χ4v) is 3.40. The summed E-state index contributed by atoms with van der Waals surface area (Å²) in [5.74, 6) is 1.72. The minimum absolute atomic E-state index is 0.0531. The van der Waals surface area contributed by atoms with Crippen molar-refractivity contribution in [3.8, 4) is 22.8 Å². The minimum atomic E-state index is -0.0531. The van der Waals surface area contributed by atoms with Crippen LogP contribution in [0.15, 0.2) is 24.4 Å². The molecule has 0 fully saturated rings. The lowest BCUT2D eigenvalue weighted by molar-refractivity contribution is 0.311. The smallest absolute Gasteiger partial charge is 0.141 e. The molecule has 0 aliphatic heterocycles. The van der Waals surface area contributed by atoms with E-state index >= 15 is 0 Å². The van der Waals surface area contributed by atoms with Gasteiger partial charge in [-0.05, 0) is 12.1 Å². The highest BCUT2D eigenvalue weighted by atomic mass is 35.5. The molecule has 7 nitrogen and oxygen atoms in total. The van der Waals surface area contributed by atoms with Crippen LogP contribution in [0.3, 0.4) is 0 Å². The van der Waals surface area contributed by atoms with Gasteiger partial charge in [0.1, 0.15) is 23.1 Å². The summed E-state index contributed by atoms with van der Waals surface area (Å²) in [6.45, 7) is 4.51. The monoisotopic (exact) mass is 452 g/mol. The molecule has 0 spiro atoms. The number of ether oxygens (including phenoxy) is 2. The van der Waals surface area contributed by atoms with Gasteiger partial charge in [0.15, 0.2) is 0 Å². The number of nitrogen functional groups attached to an aromatic ring is 1. The van der Waals surface area contributed by atoms with Crippen molar-refractivity contribution in [3.05, 3.63) is 34.4 Å². The van der Waals surface area contributed by atoms with Crippen molar-refractivity contribution in [1.29, 1.82) is 0 Å². The molecule has 0 saturated carbocycles. The molecule has 9 heteroatoms. The molecule has 0 saturated heterocycles. The predicted octanol–water partition coefficient (Wildman–Crippen LogP) is 5.02. The molecule has 0 atom stereocenters. The van der Waals surface area contributed by atoms with Crippen LogP contribution in [0.5, 0.6) is 11.5 Å². The van der Waals surface area contributed by atoms with Crippen molar-refractivity contribution < 1.29 is 14.6 Å². The standard InChI is InChI=1S/C18H18Cl2N4O3.C3H8/c1-26-12-7-13(27-2)17(20)15(16(12)19)11-5-9-8-23-14(21)6-10(9)18(24-11)22-3-4-25;1-3-2/h5-8,25H,3-4H2,1-2H3,(H2,21,23)(H,22,24);3H2,1-2H3. The molecule has 0 unspecified atom stereocenters. The number of aliphatic hydroxyl groups is 1. The fraction of sp³-hybridized carbons (Fsp3) is 0.333. The SMILES string of the molecule is CCC.COc1cc(OC)c(Cl)c(-c2cc3cnc(N)cc3c(NCCO)n2)c1Cl. The second-order valence-corrected chi connectivity index (χ2v) is 7.08. The number of aliphatic hydroxyl groups excluding tert-OH is 1. The number of pyridine rings is 2. The Balaban J connectivity index is 0.00000101. The van der Waals surface area contributed by atoms with Crippen molar-refractivity contribution in [2.24, 2.45) is 0 Å². The van der Waals surface area contributed by atoms with Gasteiger partial charge in [0.2, 0.25) is 0 Å². The van der Waals surface area contributed by atoms with E-state index in [1.54, 1.807) is 24.4 Å². The maximum absolute atomic E-state index is 9.16. The minimum Gasteiger partial charge on any atom is -0.495 e. The van der Waals surface area contributed by atoms with Crippen molar-refractivity contribution in [2.45, 2.75) is 20.3 Å². The van der Waals surface area contributed by atoms with E-state index in [9.17, 15) is 0 Å². The number of benzene rings is 1. The first-order valence-electron chi connectivity index (χ1n) is 9.43. The van der Waals surface area contributed by atoms with E-state index in [1.807, 2.05) is 0 Å². The maximum atomic E-state index is 9.16. The Kier molecular flexibility index (Phi) is 8.77. The number of anilines is 2. The number of methoxy groups -OCH3 is 2. The number of hydrogen-bond donors (Lipinski definition) is 3. The van der Waals surface area contributed by atoms with E-state index in [-0.39, 0.29) is 6.61 Å². The number of fused-ring (bicyclic) bond motifs is 1. The van der Waals surface area contributed by atoms with Crippen molar-refractivity contribution >= 4 is 45.6 Å². The van der Waals surface area contributed by atoms with Gasteiger partial charge in [-0.3, -0.25) is 0 Å². The molecular formula is C21H26Cl2N4O3. The molecule has 3 aromatic rings. The second kappa shape index (κ2) is 11.1. The highest BCUT2D eigenvalue weighted by molar-refractivity contribution is 6.41. The molecule has 30 heavy (non-hydrogen) atoms. The van der Waals surface area contributed by atoms with E-state index in [2.05, 4.69) is 29.1 Å². The zero-order chi connectivity index (χ0) is 22.3. The molecule has 0 bridgehead atoms. The average molecular weight is 453 g/mol. The predicted molar refractivity (Wildman–Crippen MR) is 124 cm³/mol. The number of hydrogen-bond acceptors (Lipinski definition) is 7. The lowest BCUT2D eigenvalue weighted by atomic mass is 10.1. The molecule has 0 radical (unpaired) electrons. The van der Waals surface area contributed by atoms with E-state index in [1.165, 1.54) is 20.6 Å². The first-order valence-corrected chi connectivity index (χ1v) is 10.2. The van der Waals surface area contributed by atoms with E-state index in [4.69, 9.17) is 43.5 Å². The van der Waals surface area contributed by atoms with Gasteiger partial charge >= 0.3 is 0 Å². The molecule has 162 valence electrons. The Morgan fingerprint density at radius 2 is 1.67 bits per heavy atom. The quantitative estimate of drug-likeness (QED) is 0.481. The number of rotatable bonds is 6. The van der Waals surface area contributed by atoms with E-state index in [0.29, 0.717) is 51.0 Å². The number of nitrogens with zero attached hydrogens (tertiary/aromatic N) is 2.